The molecule has 0 unspecified atom stereocenters. The van der Waals surface area contributed by atoms with Gasteiger partial charge < -0.3 is 13.4 Å². The number of aromatic nitrogens is 5. The SMILES string of the molecule is c1ccc(-c2ccc3c(c2)c2ccccc2n3-c2nc(-c3ccc4c(c3)oc3ccccc34)nc(-c3cccc4oc5ccc(-c6cc(-c7ccc8c(c7)c7ccccc7n8-c7ccccc7)c7sc8ccccc8c7c6)cc5c34)n2)cc1. The normalized spacial score (nSPS) is 12.1. The Morgan fingerprint density at radius 3 is 1.69 bits per heavy atom. The van der Waals surface area contributed by atoms with Crippen molar-refractivity contribution in [1.82, 2.24) is 24.1 Å². The Kier molecular flexibility index (Phi) is 9.83. The largest absolute Gasteiger partial charge is 0.456 e. The van der Waals surface area contributed by atoms with E-state index in [-0.39, 0.29) is 0 Å². The monoisotopic (exact) mass is 1080 g/mol. The Morgan fingerprint density at radius 2 is 0.855 bits per heavy atom. The van der Waals surface area contributed by atoms with Crippen molar-refractivity contribution in [2.24, 2.45) is 0 Å². The van der Waals surface area contributed by atoms with Gasteiger partial charge in [-0.1, -0.05) is 158 Å². The fourth-order valence-electron chi connectivity index (χ4n) is 13.0. The fraction of sp³-hybridized carbons (Fsp3) is 0. The summed E-state index contributed by atoms with van der Waals surface area (Å²) in [5, 5.41) is 11.1. The minimum absolute atomic E-state index is 0.505. The summed E-state index contributed by atoms with van der Waals surface area (Å²) in [5.74, 6) is 1.56. The first kappa shape index (κ1) is 45.9. The van der Waals surface area contributed by atoms with Crippen LogP contribution < -0.4 is 0 Å². The van der Waals surface area contributed by atoms with Crippen LogP contribution in [0.25, 0.3) is 175 Å². The lowest BCUT2D eigenvalue weighted by Crippen LogP contribution is -2.06. The third-order valence-corrected chi connectivity index (χ3v) is 18.0. The smallest absolute Gasteiger partial charge is 0.238 e. The molecule has 12 aromatic carbocycles. The number of benzene rings is 12. The summed E-state index contributed by atoms with van der Waals surface area (Å²) in [6.07, 6.45) is 0. The van der Waals surface area contributed by atoms with E-state index in [9.17, 15) is 0 Å². The number of thiophene rings is 1. The highest BCUT2D eigenvalue weighted by molar-refractivity contribution is 7.26. The molecule has 6 aromatic heterocycles. The van der Waals surface area contributed by atoms with Crippen molar-refractivity contribution in [3.63, 3.8) is 0 Å². The van der Waals surface area contributed by atoms with Gasteiger partial charge in [0.15, 0.2) is 11.6 Å². The van der Waals surface area contributed by atoms with Crippen molar-refractivity contribution in [3.8, 4) is 67.8 Å². The molecule has 18 rings (SSSR count). The number of nitrogens with zero attached hydrogens (tertiary/aromatic N) is 5. The van der Waals surface area contributed by atoms with Gasteiger partial charge in [0.25, 0.3) is 0 Å². The molecule has 386 valence electrons. The number of para-hydroxylation sites is 4. The van der Waals surface area contributed by atoms with Crippen LogP contribution in [0.1, 0.15) is 0 Å². The highest BCUT2D eigenvalue weighted by Gasteiger charge is 2.24. The van der Waals surface area contributed by atoms with Crippen LogP contribution in [0.15, 0.2) is 270 Å². The van der Waals surface area contributed by atoms with Gasteiger partial charge in [-0.2, -0.15) is 9.97 Å². The highest BCUT2D eigenvalue weighted by atomic mass is 32.1. The van der Waals surface area contributed by atoms with Gasteiger partial charge in [0.1, 0.15) is 22.3 Å². The minimum atomic E-state index is 0.505. The molecule has 0 N–H and O–H groups in total. The standard InChI is InChI=1S/C75H43N5O2S/c1-3-16-44(17-4-1)45-31-35-65-58(38-45)52-21-8-12-26-63(52)80(65)75-77-73(48-30-34-54-53-22-9-13-27-66(53)82-69(54)43-48)76-74(78-75)56-24-15-28-68-71(56)61-39-46(33-37-67(61)81-68)49-41-57(72-60(42-49)55-23-10-14-29-70(55)83-72)47-32-36-64-59(40-47)51-20-7-11-25-62(51)79(64)50-18-5-2-6-19-50/h1-43H. The average Bonchev–Trinajstić information content (AvgIpc) is 4.32. The summed E-state index contributed by atoms with van der Waals surface area (Å²) in [7, 11) is 0. The lowest BCUT2D eigenvalue weighted by Gasteiger charge is -2.12. The molecule has 0 aliphatic rings. The molecule has 0 saturated carbocycles. The minimum Gasteiger partial charge on any atom is -0.456 e. The van der Waals surface area contributed by atoms with Crippen LogP contribution >= 0.6 is 11.3 Å². The molecule has 0 aliphatic carbocycles. The van der Waals surface area contributed by atoms with Gasteiger partial charge in [-0.05, 0) is 131 Å². The fourth-order valence-corrected chi connectivity index (χ4v) is 14.2. The molecule has 0 aliphatic heterocycles. The van der Waals surface area contributed by atoms with Crippen molar-refractivity contribution in [2.75, 3.05) is 0 Å². The molecule has 0 saturated heterocycles. The second-order valence-corrected chi connectivity index (χ2v) is 22.5. The number of rotatable bonds is 7. The molecule has 0 spiro atoms. The molecule has 0 radical (unpaired) electrons. The molecule has 7 nitrogen and oxygen atoms in total. The molecule has 8 heteroatoms. The maximum atomic E-state index is 6.79. The Morgan fingerprint density at radius 1 is 0.289 bits per heavy atom. The summed E-state index contributed by atoms with van der Waals surface area (Å²) >= 11 is 1.86. The molecule has 6 heterocycles. The number of furan rings is 2. The second-order valence-electron chi connectivity index (χ2n) is 21.5. The predicted molar refractivity (Wildman–Crippen MR) is 343 cm³/mol. The Balaban J connectivity index is 0.841. The van der Waals surface area contributed by atoms with Gasteiger partial charge in [0.2, 0.25) is 5.95 Å². The van der Waals surface area contributed by atoms with Crippen molar-refractivity contribution in [1.29, 1.82) is 0 Å². The van der Waals surface area contributed by atoms with Gasteiger partial charge in [-0.25, -0.2) is 4.98 Å². The van der Waals surface area contributed by atoms with Crippen LogP contribution in [-0.4, -0.2) is 24.1 Å². The van der Waals surface area contributed by atoms with E-state index in [0.29, 0.717) is 17.6 Å². The van der Waals surface area contributed by atoms with E-state index in [2.05, 4.69) is 240 Å². The topological polar surface area (TPSA) is 74.8 Å². The van der Waals surface area contributed by atoms with Crippen molar-refractivity contribution in [2.45, 2.75) is 0 Å². The number of hydrogen-bond donors (Lipinski definition) is 0. The van der Waals surface area contributed by atoms with E-state index in [1.165, 1.54) is 53.1 Å². The first-order valence-corrected chi connectivity index (χ1v) is 28.7. The molecular weight excluding hydrogens is 1030 g/mol. The van der Waals surface area contributed by atoms with Crippen molar-refractivity contribution >= 4 is 119 Å². The molecule has 0 atom stereocenters. The van der Waals surface area contributed by atoms with E-state index < -0.39 is 0 Å². The number of hydrogen-bond acceptors (Lipinski definition) is 6. The van der Waals surface area contributed by atoms with Crippen LogP contribution in [0.5, 0.6) is 0 Å². The summed E-state index contributed by atoms with van der Waals surface area (Å²) in [5.41, 5.74) is 17.1. The summed E-state index contributed by atoms with van der Waals surface area (Å²) < 4.78 is 20.3. The van der Waals surface area contributed by atoms with Gasteiger partial charge in [-0.15, -0.1) is 11.3 Å². The predicted octanol–water partition coefficient (Wildman–Crippen LogP) is 20.6. The van der Waals surface area contributed by atoms with Crippen LogP contribution in [-0.2, 0) is 0 Å². The summed E-state index contributed by atoms with van der Waals surface area (Å²) in [6, 6.07) is 92.8. The second kappa shape index (κ2) is 17.8. The van der Waals surface area contributed by atoms with Crippen LogP contribution in [0.2, 0.25) is 0 Å². The highest BCUT2D eigenvalue weighted by Crippen LogP contribution is 2.46. The Labute approximate surface area is 477 Å². The van der Waals surface area contributed by atoms with Gasteiger partial charge in [-0.3, -0.25) is 4.57 Å². The summed E-state index contributed by atoms with van der Waals surface area (Å²) in [4.78, 5) is 16.3. The maximum absolute atomic E-state index is 6.79. The zero-order chi connectivity index (χ0) is 54.3. The van der Waals surface area contributed by atoms with E-state index in [0.717, 1.165) is 105 Å². The lowest BCUT2D eigenvalue weighted by molar-refractivity contribution is 0.668. The Hall–Kier alpha value is -10.9. The lowest BCUT2D eigenvalue weighted by atomic mass is 9.94. The first-order valence-electron chi connectivity index (χ1n) is 27.9. The zero-order valence-electron chi connectivity index (χ0n) is 44.3. The quantitative estimate of drug-likeness (QED) is 0.159. The number of fused-ring (bicyclic) bond motifs is 15. The summed E-state index contributed by atoms with van der Waals surface area (Å²) in [6.45, 7) is 0. The maximum Gasteiger partial charge on any atom is 0.238 e. The molecule has 0 fully saturated rings. The van der Waals surface area contributed by atoms with Gasteiger partial charge in [0.05, 0.1) is 22.1 Å². The average molecular weight is 1080 g/mol. The molecule has 83 heavy (non-hydrogen) atoms. The van der Waals surface area contributed by atoms with E-state index in [4.69, 9.17) is 23.8 Å². The Bertz CT molecular complexity index is 5710. The van der Waals surface area contributed by atoms with Gasteiger partial charge in [0, 0.05) is 85.6 Å². The van der Waals surface area contributed by atoms with E-state index >= 15 is 0 Å². The van der Waals surface area contributed by atoms with Gasteiger partial charge >= 0.3 is 0 Å². The van der Waals surface area contributed by atoms with Crippen LogP contribution in [0, 0.1) is 0 Å². The molecule has 0 amide bonds. The van der Waals surface area contributed by atoms with E-state index in [1.54, 1.807) is 0 Å². The molecule has 18 aromatic rings. The van der Waals surface area contributed by atoms with Crippen molar-refractivity contribution < 1.29 is 8.83 Å². The third kappa shape index (κ3) is 7.06. The third-order valence-electron chi connectivity index (χ3n) is 16.8. The van der Waals surface area contributed by atoms with Crippen molar-refractivity contribution in [3.05, 3.63) is 261 Å². The molecular formula is C75H43N5O2S. The first-order chi connectivity index (χ1) is 41.1. The van der Waals surface area contributed by atoms with Crippen LogP contribution in [0.4, 0.5) is 0 Å². The van der Waals surface area contributed by atoms with E-state index in [1.807, 2.05) is 41.7 Å². The van der Waals surface area contributed by atoms with Crippen LogP contribution in [0.3, 0.4) is 0 Å². The zero-order valence-corrected chi connectivity index (χ0v) is 45.1. The molecule has 0 bridgehead atoms.